The van der Waals surface area contributed by atoms with Crippen LogP contribution in [0.4, 0.5) is 0 Å². The molecule has 1 aliphatic heterocycles. The van der Waals surface area contributed by atoms with Gasteiger partial charge in [-0.1, -0.05) is 6.92 Å². The van der Waals surface area contributed by atoms with Crippen LogP contribution in [0, 0.1) is 11.8 Å². The van der Waals surface area contributed by atoms with Gasteiger partial charge in [-0.15, -0.1) is 0 Å². The summed E-state index contributed by atoms with van der Waals surface area (Å²) < 4.78 is 5.31. The van der Waals surface area contributed by atoms with Crippen molar-refractivity contribution in [1.82, 2.24) is 0 Å². The van der Waals surface area contributed by atoms with Gasteiger partial charge < -0.3 is 9.84 Å². The number of carboxylic acids is 1. The molecule has 0 amide bonds. The number of carbonyl (C=O) groups is 1. The van der Waals surface area contributed by atoms with E-state index < -0.39 is 5.97 Å². The molecule has 1 saturated heterocycles. The van der Waals surface area contributed by atoms with Crippen LogP contribution in [-0.4, -0.2) is 23.3 Å². The lowest BCUT2D eigenvalue weighted by Gasteiger charge is -2.21. The molecule has 11 heavy (non-hydrogen) atoms. The van der Waals surface area contributed by atoms with E-state index in [2.05, 4.69) is 0 Å². The van der Waals surface area contributed by atoms with Crippen LogP contribution in [0.1, 0.15) is 19.8 Å². The highest BCUT2D eigenvalue weighted by atomic mass is 16.6. The quantitative estimate of drug-likeness (QED) is 0.573. The fourth-order valence-corrected chi connectivity index (χ4v) is 2.04. The second kappa shape index (κ2) is 2.21. The molecule has 0 bridgehead atoms. The van der Waals surface area contributed by atoms with E-state index in [0.717, 1.165) is 12.8 Å². The average molecular weight is 156 g/mol. The lowest BCUT2D eigenvalue weighted by atomic mass is 9.80. The molecule has 1 aliphatic carbocycles. The Hall–Kier alpha value is -0.570. The van der Waals surface area contributed by atoms with Crippen LogP contribution in [0.3, 0.4) is 0 Å². The van der Waals surface area contributed by atoms with Crippen LogP contribution in [0.15, 0.2) is 0 Å². The van der Waals surface area contributed by atoms with Gasteiger partial charge >= 0.3 is 5.97 Å². The van der Waals surface area contributed by atoms with E-state index in [0.29, 0.717) is 6.10 Å². The number of hydrogen-bond donors (Lipinski definition) is 1. The molecule has 4 atom stereocenters. The Labute approximate surface area is 65.4 Å². The summed E-state index contributed by atoms with van der Waals surface area (Å²) in [6, 6.07) is 0. The van der Waals surface area contributed by atoms with E-state index in [1.165, 1.54) is 0 Å². The Kier molecular flexibility index (Phi) is 1.42. The zero-order chi connectivity index (χ0) is 8.01. The third-order valence-electron chi connectivity index (χ3n) is 2.85. The van der Waals surface area contributed by atoms with Gasteiger partial charge in [-0.05, 0) is 18.8 Å². The fourth-order valence-electron chi connectivity index (χ4n) is 2.04. The molecular weight excluding hydrogens is 144 g/mol. The molecule has 2 aliphatic rings. The Morgan fingerprint density at radius 1 is 1.55 bits per heavy atom. The summed E-state index contributed by atoms with van der Waals surface area (Å²) in [5, 5.41) is 8.79. The number of rotatable bonds is 1. The minimum Gasteiger partial charge on any atom is -0.481 e. The number of aliphatic carboxylic acids is 1. The van der Waals surface area contributed by atoms with Crippen LogP contribution in [0.5, 0.6) is 0 Å². The number of hydrogen-bond acceptors (Lipinski definition) is 2. The summed E-state index contributed by atoms with van der Waals surface area (Å²) in [5.41, 5.74) is 0. The molecule has 0 radical (unpaired) electrons. The maximum absolute atomic E-state index is 10.7. The highest BCUT2D eigenvalue weighted by Crippen LogP contribution is 2.43. The molecule has 0 aromatic carbocycles. The molecule has 1 saturated carbocycles. The van der Waals surface area contributed by atoms with Crippen molar-refractivity contribution in [3.63, 3.8) is 0 Å². The molecule has 3 heteroatoms. The molecule has 0 aromatic heterocycles. The van der Waals surface area contributed by atoms with Gasteiger partial charge in [0.05, 0.1) is 18.1 Å². The summed E-state index contributed by atoms with van der Waals surface area (Å²) in [7, 11) is 0. The maximum Gasteiger partial charge on any atom is 0.306 e. The van der Waals surface area contributed by atoms with Crippen LogP contribution in [-0.2, 0) is 9.53 Å². The zero-order valence-corrected chi connectivity index (χ0v) is 6.49. The molecule has 2 rings (SSSR count). The van der Waals surface area contributed by atoms with Gasteiger partial charge in [0.1, 0.15) is 0 Å². The van der Waals surface area contributed by atoms with Gasteiger partial charge in [-0.2, -0.15) is 0 Å². The predicted molar refractivity (Wildman–Crippen MR) is 38.2 cm³/mol. The molecule has 1 N–H and O–H groups in total. The normalized spacial score (nSPS) is 48.1. The van der Waals surface area contributed by atoms with Crippen molar-refractivity contribution < 1.29 is 14.6 Å². The van der Waals surface area contributed by atoms with Gasteiger partial charge in [-0.3, -0.25) is 4.79 Å². The van der Waals surface area contributed by atoms with Gasteiger partial charge in [-0.25, -0.2) is 0 Å². The van der Waals surface area contributed by atoms with Gasteiger partial charge in [0.25, 0.3) is 0 Å². The van der Waals surface area contributed by atoms with Crippen LogP contribution in [0.2, 0.25) is 0 Å². The first kappa shape index (κ1) is 7.10. The second-order valence-corrected chi connectivity index (χ2v) is 3.52. The number of epoxide rings is 1. The third kappa shape index (κ3) is 1.03. The predicted octanol–water partition coefficient (Wildman–Crippen LogP) is 0.885. The van der Waals surface area contributed by atoms with E-state index in [1.807, 2.05) is 6.92 Å². The molecule has 62 valence electrons. The Morgan fingerprint density at radius 3 is 2.91 bits per heavy atom. The SMILES string of the molecule is CC1C(C(=O)O)CCC2OC21. The third-order valence-corrected chi connectivity index (χ3v) is 2.85. The minimum absolute atomic E-state index is 0.168. The summed E-state index contributed by atoms with van der Waals surface area (Å²) in [4.78, 5) is 10.7. The van der Waals surface area contributed by atoms with Crippen LogP contribution < -0.4 is 0 Å². The molecular formula is C8H12O3. The number of ether oxygens (including phenoxy) is 1. The molecule has 3 nitrogen and oxygen atoms in total. The van der Waals surface area contributed by atoms with E-state index in [1.54, 1.807) is 0 Å². The monoisotopic (exact) mass is 156 g/mol. The highest BCUT2D eigenvalue weighted by Gasteiger charge is 2.51. The van der Waals surface area contributed by atoms with Crippen molar-refractivity contribution in [1.29, 1.82) is 0 Å². The largest absolute Gasteiger partial charge is 0.481 e. The Morgan fingerprint density at radius 2 is 2.27 bits per heavy atom. The smallest absolute Gasteiger partial charge is 0.306 e. The first-order chi connectivity index (χ1) is 5.20. The number of carboxylic acid groups (broad SMARTS) is 1. The first-order valence-electron chi connectivity index (χ1n) is 4.08. The van der Waals surface area contributed by atoms with Crippen LogP contribution in [0.25, 0.3) is 0 Å². The van der Waals surface area contributed by atoms with Crippen molar-refractivity contribution in [3.05, 3.63) is 0 Å². The van der Waals surface area contributed by atoms with Crippen molar-refractivity contribution >= 4 is 5.97 Å². The van der Waals surface area contributed by atoms with Crippen LogP contribution >= 0.6 is 0 Å². The topological polar surface area (TPSA) is 49.8 Å². The lowest BCUT2D eigenvalue weighted by Crippen LogP contribution is -2.30. The Bertz CT molecular complexity index is 190. The molecule has 1 heterocycles. The fraction of sp³-hybridized carbons (Fsp3) is 0.875. The molecule has 4 unspecified atom stereocenters. The Balaban J connectivity index is 2.05. The molecule has 0 aromatic rings. The van der Waals surface area contributed by atoms with Crippen molar-refractivity contribution in [2.75, 3.05) is 0 Å². The van der Waals surface area contributed by atoms with Gasteiger partial charge in [0, 0.05) is 0 Å². The number of fused-ring (bicyclic) bond motifs is 1. The van der Waals surface area contributed by atoms with E-state index in [4.69, 9.17) is 9.84 Å². The minimum atomic E-state index is -0.661. The van der Waals surface area contributed by atoms with Crippen molar-refractivity contribution in [2.45, 2.75) is 32.0 Å². The maximum atomic E-state index is 10.7. The van der Waals surface area contributed by atoms with Crippen molar-refractivity contribution in [2.24, 2.45) is 11.8 Å². The summed E-state index contributed by atoms with van der Waals surface area (Å²) in [6.45, 7) is 1.97. The van der Waals surface area contributed by atoms with Crippen molar-refractivity contribution in [3.8, 4) is 0 Å². The van der Waals surface area contributed by atoms with Gasteiger partial charge in [0.15, 0.2) is 0 Å². The van der Waals surface area contributed by atoms with E-state index >= 15 is 0 Å². The zero-order valence-electron chi connectivity index (χ0n) is 6.49. The lowest BCUT2D eigenvalue weighted by molar-refractivity contribution is -0.144. The summed E-state index contributed by atoms with van der Waals surface area (Å²) in [5.74, 6) is -0.614. The summed E-state index contributed by atoms with van der Waals surface area (Å²) >= 11 is 0. The van der Waals surface area contributed by atoms with E-state index in [-0.39, 0.29) is 17.9 Å². The highest BCUT2D eigenvalue weighted by molar-refractivity contribution is 5.70. The standard InChI is InChI=1S/C8H12O3/c1-4-5(8(9)10)2-3-6-7(4)11-6/h4-7H,2-3H2,1H3,(H,9,10). The average Bonchev–Trinajstić information content (AvgIpc) is 2.66. The molecule has 0 spiro atoms. The first-order valence-corrected chi connectivity index (χ1v) is 4.08. The van der Waals surface area contributed by atoms with Gasteiger partial charge in [0.2, 0.25) is 0 Å². The second-order valence-electron chi connectivity index (χ2n) is 3.52. The summed E-state index contributed by atoms with van der Waals surface area (Å²) in [6.07, 6.45) is 2.37. The van der Waals surface area contributed by atoms with E-state index in [9.17, 15) is 4.79 Å². The molecule has 2 fully saturated rings.